The van der Waals surface area contributed by atoms with Crippen LogP contribution in [-0.4, -0.2) is 19.7 Å². The van der Waals surface area contributed by atoms with E-state index in [1.807, 2.05) is 12.2 Å². The van der Waals surface area contributed by atoms with E-state index in [0.717, 1.165) is 19.3 Å². The Morgan fingerprint density at radius 3 is 2.64 bits per heavy atom. The minimum atomic E-state index is -0.264. The lowest BCUT2D eigenvalue weighted by Gasteiger charge is -1.94. The Hall–Kier alpha value is -1.25. The molecule has 0 saturated carbocycles. The van der Waals surface area contributed by atoms with Gasteiger partial charge in [-0.3, -0.25) is 0 Å². The molecule has 0 aromatic carbocycles. The molecule has 3 nitrogen and oxygen atoms in total. The van der Waals surface area contributed by atoms with Gasteiger partial charge in [0.25, 0.3) is 0 Å². The molecule has 0 aromatic rings. The van der Waals surface area contributed by atoms with Crippen LogP contribution < -0.4 is 0 Å². The van der Waals surface area contributed by atoms with E-state index >= 15 is 0 Å². The molecule has 0 bridgehead atoms. The van der Waals surface area contributed by atoms with E-state index in [1.54, 1.807) is 20.3 Å². The average Bonchev–Trinajstić information content (AvgIpc) is 2.17. The summed E-state index contributed by atoms with van der Waals surface area (Å²) in [4.78, 5) is 10.8. The van der Waals surface area contributed by atoms with Crippen LogP contribution >= 0.6 is 0 Å². The maximum atomic E-state index is 10.8. The van der Waals surface area contributed by atoms with Crippen LogP contribution in [0.15, 0.2) is 24.5 Å². The zero-order valence-corrected chi connectivity index (χ0v) is 8.86. The molecule has 0 spiro atoms. The van der Waals surface area contributed by atoms with E-state index in [9.17, 15) is 4.79 Å². The summed E-state index contributed by atoms with van der Waals surface area (Å²) < 4.78 is 9.47. The van der Waals surface area contributed by atoms with Gasteiger partial charge < -0.3 is 9.47 Å². The summed E-state index contributed by atoms with van der Waals surface area (Å²) in [5, 5.41) is 0. The van der Waals surface area contributed by atoms with Crippen LogP contribution in [0.1, 0.15) is 26.2 Å². The first kappa shape index (κ1) is 12.8. The first-order valence-corrected chi connectivity index (χ1v) is 4.82. The molecular weight excluding hydrogens is 180 g/mol. The monoisotopic (exact) mass is 198 g/mol. The third kappa shape index (κ3) is 8.84. The Labute approximate surface area is 85.4 Å². The molecule has 14 heavy (non-hydrogen) atoms. The molecule has 0 aromatic heterocycles. The molecular formula is C11H18O3. The van der Waals surface area contributed by atoms with Crippen LogP contribution in [0.25, 0.3) is 0 Å². The highest BCUT2D eigenvalue weighted by Crippen LogP contribution is 1.98. The number of unbranched alkanes of at least 4 members (excludes halogenated alkanes) is 2. The van der Waals surface area contributed by atoms with Crippen molar-refractivity contribution in [3.05, 3.63) is 24.5 Å². The maximum Gasteiger partial charge on any atom is 0.330 e. The van der Waals surface area contributed by atoms with E-state index in [4.69, 9.17) is 9.47 Å². The summed E-state index contributed by atoms with van der Waals surface area (Å²) in [7, 11) is 1.62. The second kappa shape index (κ2) is 9.84. The topological polar surface area (TPSA) is 35.5 Å². The highest BCUT2D eigenvalue weighted by atomic mass is 16.5. The number of carbonyl (C=O) groups excluding carboxylic acids is 1. The van der Waals surface area contributed by atoms with Crippen molar-refractivity contribution in [1.82, 2.24) is 0 Å². The zero-order valence-electron chi connectivity index (χ0n) is 8.86. The number of methoxy groups -OCH3 is 1. The van der Waals surface area contributed by atoms with Gasteiger partial charge >= 0.3 is 5.97 Å². The third-order valence-electron chi connectivity index (χ3n) is 1.51. The van der Waals surface area contributed by atoms with Crippen LogP contribution in [0, 0.1) is 0 Å². The van der Waals surface area contributed by atoms with Crippen molar-refractivity contribution in [2.75, 3.05) is 13.7 Å². The molecule has 0 aliphatic carbocycles. The van der Waals surface area contributed by atoms with Gasteiger partial charge in [0.1, 0.15) is 0 Å². The van der Waals surface area contributed by atoms with Crippen LogP contribution in [0.4, 0.5) is 0 Å². The fourth-order valence-corrected chi connectivity index (χ4v) is 0.888. The van der Waals surface area contributed by atoms with Crippen molar-refractivity contribution in [1.29, 1.82) is 0 Å². The van der Waals surface area contributed by atoms with Crippen LogP contribution in [0.2, 0.25) is 0 Å². The largest absolute Gasteiger partial charge is 0.505 e. The van der Waals surface area contributed by atoms with Gasteiger partial charge in [0.15, 0.2) is 0 Å². The Morgan fingerprint density at radius 2 is 2.00 bits per heavy atom. The highest BCUT2D eigenvalue weighted by molar-refractivity contribution is 5.81. The fourth-order valence-electron chi connectivity index (χ4n) is 0.888. The number of hydrogen-bond acceptors (Lipinski definition) is 3. The summed E-state index contributed by atoms with van der Waals surface area (Å²) in [5.74, 6) is -0.264. The Kier molecular flexibility index (Phi) is 8.96. The van der Waals surface area contributed by atoms with Gasteiger partial charge in [-0.25, -0.2) is 4.79 Å². The Balaban J connectivity index is 3.35. The average molecular weight is 198 g/mol. The smallest absolute Gasteiger partial charge is 0.330 e. The lowest BCUT2D eigenvalue weighted by molar-refractivity contribution is -0.137. The molecule has 3 heteroatoms. The molecule has 0 saturated heterocycles. The van der Waals surface area contributed by atoms with Gasteiger partial charge in [-0.05, 0) is 32.3 Å². The van der Waals surface area contributed by atoms with E-state index < -0.39 is 0 Å². The molecule has 0 amide bonds. The van der Waals surface area contributed by atoms with E-state index in [0.29, 0.717) is 6.61 Å². The molecule has 80 valence electrons. The molecule has 0 rings (SSSR count). The van der Waals surface area contributed by atoms with Gasteiger partial charge in [0.05, 0.1) is 20.0 Å². The van der Waals surface area contributed by atoms with Gasteiger partial charge in [0.2, 0.25) is 0 Å². The second-order valence-corrected chi connectivity index (χ2v) is 2.69. The number of esters is 1. The van der Waals surface area contributed by atoms with Gasteiger partial charge in [-0.1, -0.05) is 6.08 Å². The second-order valence-electron chi connectivity index (χ2n) is 2.69. The number of carbonyl (C=O) groups is 1. The molecule has 0 N–H and O–H groups in total. The predicted octanol–water partition coefficient (Wildman–Crippen LogP) is 2.44. The normalized spacial score (nSPS) is 11.0. The summed E-state index contributed by atoms with van der Waals surface area (Å²) in [6.07, 6.45) is 9.78. The Bertz CT molecular complexity index is 195. The summed E-state index contributed by atoms with van der Waals surface area (Å²) in [5.41, 5.74) is 0. The predicted molar refractivity (Wildman–Crippen MR) is 55.8 cm³/mol. The molecule has 0 aliphatic heterocycles. The summed E-state index contributed by atoms with van der Waals surface area (Å²) >= 11 is 0. The highest BCUT2D eigenvalue weighted by Gasteiger charge is 1.91. The molecule has 0 radical (unpaired) electrons. The van der Waals surface area contributed by atoms with Crippen LogP contribution in [0.5, 0.6) is 0 Å². The van der Waals surface area contributed by atoms with Gasteiger partial charge in [-0.2, -0.15) is 0 Å². The lowest BCUT2D eigenvalue weighted by Crippen LogP contribution is -1.98. The zero-order chi connectivity index (χ0) is 10.6. The number of allylic oxidation sites excluding steroid dienone is 2. The van der Waals surface area contributed by atoms with Crippen molar-refractivity contribution in [2.24, 2.45) is 0 Å². The van der Waals surface area contributed by atoms with E-state index in [2.05, 4.69) is 0 Å². The van der Waals surface area contributed by atoms with Crippen LogP contribution in [0.3, 0.4) is 0 Å². The van der Waals surface area contributed by atoms with Crippen molar-refractivity contribution in [3.8, 4) is 0 Å². The maximum absolute atomic E-state index is 10.8. The first-order chi connectivity index (χ1) is 6.81. The lowest BCUT2D eigenvalue weighted by atomic mass is 10.2. The fraction of sp³-hybridized carbons (Fsp3) is 0.545. The Morgan fingerprint density at radius 1 is 1.29 bits per heavy atom. The molecule has 0 atom stereocenters. The summed E-state index contributed by atoms with van der Waals surface area (Å²) in [6, 6.07) is 0. The van der Waals surface area contributed by atoms with Crippen molar-refractivity contribution in [2.45, 2.75) is 26.2 Å². The number of rotatable bonds is 7. The molecule has 0 heterocycles. The quantitative estimate of drug-likeness (QED) is 0.273. The van der Waals surface area contributed by atoms with Crippen molar-refractivity contribution < 1.29 is 14.3 Å². The van der Waals surface area contributed by atoms with Crippen molar-refractivity contribution in [3.63, 3.8) is 0 Å². The number of hydrogen-bond donors (Lipinski definition) is 0. The van der Waals surface area contributed by atoms with E-state index in [-0.39, 0.29) is 5.97 Å². The third-order valence-corrected chi connectivity index (χ3v) is 1.51. The summed E-state index contributed by atoms with van der Waals surface area (Å²) in [6.45, 7) is 2.22. The molecule has 0 fully saturated rings. The minimum absolute atomic E-state index is 0.264. The molecule has 0 unspecified atom stereocenters. The first-order valence-electron chi connectivity index (χ1n) is 4.82. The van der Waals surface area contributed by atoms with Gasteiger partial charge in [-0.15, -0.1) is 0 Å². The number of ether oxygens (including phenoxy) is 2. The minimum Gasteiger partial charge on any atom is -0.505 e. The van der Waals surface area contributed by atoms with E-state index in [1.165, 1.54) is 6.08 Å². The van der Waals surface area contributed by atoms with Crippen molar-refractivity contribution >= 4 is 5.97 Å². The SMILES string of the molecule is CCOC(=O)C=CCCCC=COC. The molecule has 0 aliphatic rings. The van der Waals surface area contributed by atoms with Crippen LogP contribution in [-0.2, 0) is 14.3 Å². The standard InChI is InChI=1S/C11H18O3/c1-3-14-11(12)9-7-5-4-6-8-10-13-2/h7-10H,3-6H2,1-2H3. The van der Waals surface area contributed by atoms with Gasteiger partial charge in [0, 0.05) is 6.08 Å².